The van der Waals surface area contributed by atoms with Gasteiger partial charge < -0.3 is 11.5 Å². The highest BCUT2D eigenvalue weighted by Crippen LogP contribution is 2.22. The van der Waals surface area contributed by atoms with Crippen molar-refractivity contribution in [1.29, 1.82) is 0 Å². The molecule has 80 valence electrons. The molecule has 0 aromatic carbocycles. The maximum Gasteiger partial charge on any atom is 0.174 e. The Balaban J connectivity index is 2.24. The lowest BCUT2D eigenvalue weighted by atomic mass is 10.4. The first-order valence-corrected chi connectivity index (χ1v) is 4.60. The molecule has 0 amide bonds. The Kier molecular flexibility index (Phi) is 2.73. The highest BCUT2D eigenvalue weighted by atomic mass is 15.2. The van der Waals surface area contributed by atoms with E-state index in [1.807, 2.05) is 6.07 Å². The number of pyridine rings is 2. The molecule has 0 radical (unpaired) electrons. The fourth-order valence-electron chi connectivity index (χ4n) is 1.09. The lowest BCUT2D eigenvalue weighted by Crippen LogP contribution is -1.95. The topological polar surface area (TPSA) is 103 Å². The summed E-state index contributed by atoms with van der Waals surface area (Å²) < 4.78 is 0. The highest BCUT2D eigenvalue weighted by Gasteiger charge is 1.99. The molecule has 0 aliphatic carbocycles. The van der Waals surface area contributed by atoms with Crippen LogP contribution in [0.4, 0.5) is 23.1 Å². The van der Waals surface area contributed by atoms with Gasteiger partial charge in [0.2, 0.25) is 0 Å². The number of nitrogen functional groups attached to an aromatic ring is 2. The van der Waals surface area contributed by atoms with Crippen molar-refractivity contribution < 1.29 is 0 Å². The number of rotatable bonds is 2. The standard InChI is InChI=1S/C10H10N6/c11-8-5-4-7(10(12)14-8)15-16-9-3-1-2-6-13-9/h1-6H,(H4,11,12,14)/b16-15+. The first-order valence-electron chi connectivity index (χ1n) is 4.60. The number of anilines is 2. The van der Waals surface area contributed by atoms with Crippen LogP contribution in [0.5, 0.6) is 0 Å². The maximum atomic E-state index is 5.62. The van der Waals surface area contributed by atoms with Crippen molar-refractivity contribution in [2.75, 3.05) is 11.5 Å². The van der Waals surface area contributed by atoms with E-state index >= 15 is 0 Å². The SMILES string of the molecule is Nc1ccc(/N=N/c2ccccn2)c(N)n1. The van der Waals surface area contributed by atoms with E-state index in [1.165, 1.54) is 0 Å². The van der Waals surface area contributed by atoms with Crippen LogP contribution in [0.25, 0.3) is 0 Å². The number of azo groups is 1. The van der Waals surface area contributed by atoms with E-state index in [0.717, 1.165) is 0 Å². The van der Waals surface area contributed by atoms with Gasteiger partial charge in [0.05, 0.1) is 0 Å². The second kappa shape index (κ2) is 4.35. The molecule has 2 rings (SSSR count). The van der Waals surface area contributed by atoms with Gasteiger partial charge in [0.15, 0.2) is 11.6 Å². The average molecular weight is 214 g/mol. The van der Waals surface area contributed by atoms with Gasteiger partial charge in [-0.25, -0.2) is 9.97 Å². The van der Waals surface area contributed by atoms with E-state index in [1.54, 1.807) is 30.5 Å². The quantitative estimate of drug-likeness (QED) is 0.746. The summed E-state index contributed by atoms with van der Waals surface area (Å²) in [6.07, 6.45) is 1.64. The summed E-state index contributed by atoms with van der Waals surface area (Å²) in [5.41, 5.74) is 11.6. The first-order chi connectivity index (χ1) is 7.75. The molecule has 2 heterocycles. The third kappa shape index (κ3) is 2.30. The highest BCUT2D eigenvalue weighted by molar-refractivity contribution is 5.60. The zero-order valence-electron chi connectivity index (χ0n) is 8.41. The summed E-state index contributed by atoms with van der Waals surface area (Å²) in [5, 5.41) is 7.86. The zero-order chi connectivity index (χ0) is 11.4. The molecular formula is C10H10N6. The van der Waals surface area contributed by atoms with Crippen molar-refractivity contribution in [2.24, 2.45) is 10.2 Å². The third-order valence-corrected chi connectivity index (χ3v) is 1.83. The Labute approximate surface area is 92.1 Å². The number of aromatic nitrogens is 2. The van der Waals surface area contributed by atoms with Crippen molar-refractivity contribution in [3.05, 3.63) is 36.5 Å². The minimum absolute atomic E-state index is 0.250. The van der Waals surface area contributed by atoms with E-state index in [2.05, 4.69) is 20.2 Å². The summed E-state index contributed by atoms with van der Waals surface area (Å²) in [6, 6.07) is 8.64. The Morgan fingerprint density at radius 3 is 2.56 bits per heavy atom. The molecule has 16 heavy (non-hydrogen) atoms. The number of hydrogen-bond donors (Lipinski definition) is 2. The summed E-state index contributed by atoms with van der Waals surface area (Å²) >= 11 is 0. The monoisotopic (exact) mass is 214 g/mol. The van der Waals surface area contributed by atoms with Gasteiger partial charge in [-0.3, -0.25) is 0 Å². The minimum Gasteiger partial charge on any atom is -0.384 e. The van der Waals surface area contributed by atoms with E-state index in [-0.39, 0.29) is 5.82 Å². The van der Waals surface area contributed by atoms with Gasteiger partial charge in [0, 0.05) is 6.20 Å². The average Bonchev–Trinajstić information content (AvgIpc) is 2.29. The molecule has 6 nitrogen and oxygen atoms in total. The van der Waals surface area contributed by atoms with Crippen molar-refractivity contribution in [3.63, 3.8) is 0 Å². The lowest BCUT2D eigenvalue weighted by Gasteiger charge is -1.98. The predicted octanol–water partition coefficient (Wildman–Crippen LogP) is 2.06. The molecule has 6 heteroatoms. The van der Waals surface area contributed by atoms with Crippen LogP contribution in [0.15, 0.2) is 46.8 Å². The van der Waals surface area contributed by atoms with Crippen molar-refractivity contribution >= 4 is 23.1 Å². The van der Waals surface area contributed by atoms with Crippen molar-refractivity contribution in [2.45, 2.75) is 0 Å². The molecule has 0 fully saturated rings. The Hall–Kier alpha value is -2.50. The number of nitrogens with two attached hydrogens (primary N) is 2. The van der Waals surface area contributed by atoms with Crippen molar-refractivity contribution in [1.82, 2.24) is 9.97 Å². The van der Waals surface area contributed by atoms with Crippen LogP contribution >= 0.6 is 0 Å². The van der Waals surface area contributed by atoms with Crippen LogP contribution in [0.1, 0.15) is 0 Å². The molecule has 0 unspecified atom stereocenters. The zero-order valence-corrected chi connectivity index (χ0v) is 8.41. The maximum absolute atomic E-state index is 5.62. The van der Waals surface area contributed by atoms with Crippen LogP contribution in [0.3, 0.4) is 0 Å². The molecule has 0 aliphatic heterocycles. The Morgan fingerprint density at radius 2 is 1.88 bits per heavy atom. The van der Waals surface area contributed by atoms with Gasteiger partial charge in [-0.1, -0.05) is 6.07 Å². The summed E-state index contributed by atoms with van der Waals surface area (Å²) in [4.78, 5) is 7.86. The number of hydrogen-bond acceptors (Lipinski definition) is 6. The molecule has 0 saturated carbocycles. The Bertz CT molecular complexity index is 508. The number of nitrogens with zero attached hydrogens (tertiary/aromatic N) is 4. The van der Waals surface area contributed by atoms with E-state index in [4.69, 9.17) is 11.5 Å². The van der Waals surface area contributed by atoms with Gasteiger partial charge in [-0.15, -0.1) is 10.2 Å². The normalized spacial score (nSPS) is 10.8. The molecule has 4 N–H and O–H groups in total. The molecule has 0 aliphatic rings. The van der Waals surface area contributed by atoms with Crippen molar-refractivity contribution in [3.8, 4) is 0 Å². The molecular weight excluding hydrogens is 204 g/mol. The van der Waals surface area contributed by atoms with Crippen LogP contribution in [-0.4, -0.2) is 9.97 Å². The summed E-state index contributed by atoms with van der Waals surface area (Å²) in [6.45, 7) is 0. The summed E-state index contributed by atoms with van der Waals surface area (Å²) in [7, 11) is 0. The van der Waals surface area contributed by atoms with Gasteiger partial charge >= 0.3 is 0 Å². The van der Waals surface area contributed by atoms with E-state index < -0.39 is 0 Å². The largest absolute Gasteiger partial charge is 0.384 e. The molecule has 0 atom stereocenters. The minimum atomic E-state index is 0.250. The molecule has 0 spiro atoms. The summed E-state index contributed by atoms with van der Waals surface area (Å²) in [5.74, 6) is 1.12. The van der Waals surface area contributed by atoms with Crippen LogP contribution in [-0.2, 0) is 0 Å². The van der Waals surface area contributed by atoms with Gasteiger partial charge in [-0.2, -0.15) is 0 Å². The molecule has 2 aromatic heterocycles. The third-order valence-electron chi connectivity index (χ3n) is 1.83. The fraction of sp³-hybridized carbons (Fsp3) is 0. The van der Waals surface area contributed by atoms with E-state index in [9.17, 15) is 0 Å². The molecule has 0 bridgehead atoms. The van der Waals surface area contributed by atoms with Crippen LogP contribution < -0.4 is 11.5 Å². The predicted molar refractivity (Wildman–Crippen MR) is 61.5 cm³/mol. The fourth-order valence-corrected chi connectivity index (χ4v) is 1.09. The second-order valence-electron chi connectivity index (χ2n) is 3.03. The lowest BCUT2D eigenvalue weighted by molar-refractivity contribution is 1.15. The Morgan fingerprint density at radius 1 is 1.00 bits per heavy atom. The second-order valence-corrected chi connectivity index (χ2v) is 3.03. The van der Waals surface area contributed by atoms with Gasteiger partial charge in [0.25, 0.3) is 0 Å². The van der Waals surface area contributed by atoms with Crippen LogP contribution in [0, 0.1) is 0 Å². The first kappa shape index (κ1) is 10.0. The van der Waals surface area contributed by atoms with E-state index in [0.29, 0.717) is 17.3 Å². The molecule has 2 aromatic rings. The van der Waals surface area contributed by atoms with Gasteiger partial charge in [0.1, 0.15) is 11.5 Å². The molecule has 0 saturated heterocycles. The smallest absolute Gasteiger partial charge is 0.174 e. The van der Waals surface area contributed by atoms with Crippen LogP contribution in [0.2, 0.25) is 0 Å². The van der Waals surface area contributed by atoms with Gasteiger partial charge in [-0.05, 0) is 24.3 Å².